The highest BCUT2D eigenvalue weighted by Gasteiger charge is 1.88. The first-order chi connectivity index (χ1) is 4.91. The number of halogens is 1. The van der Waals surface area contributed by atoms with Gasteiger partial charge < -0.3 is 17.0 Å². The molecule has 0 aromatic carbocycles. The van der Waals surface area contributed by atoms with E-state index in [1.54, 1.807) is 0 Å². The van der Waals surface area contributed by atoms with Gasteiger partial charge in [-0.15, -0.1) is 0 Å². The molecule has 0 aromatic heterocycles. The lowest BCUT2D eigenvalue weighted by Gasteiger charge is -1.96. The van der Waals surface area contributed by atoms with E-state index in [0.29, 0.717) is 0 Å². The Kier molecular flexibility index (Phi) is 16.5. The van der Waals surface area contributed by atoms with Gasteiger partial charge in [0.05, 0.1) is 0 Å². The van der Waals surface area contributed by atoms with Crippen LogP contribution in [0.2, 0.25) is 0 Å². The first-order valence-electron chi connectivity index (χ1n) is 4.28. The summed E-state index contributed by atoms with van der Waals surface area (Å²) in [7, 11) is 0. The maximum Gasteiger partial charge on any atom is 0.106 e. The standard InChI is InChI=1S/C8H20NO.BrH/c1-2-3-4-5-6-7-8-10-9;/h2-8H2,1,9H3;1H/q+1;/p-1. The lowest BCUT2D eigenvalue weighted by atomic mass is 10.1. The summed E-state index contributed by atoms with van der Waals surface area (Å²) in [6.07, 6.45) is 7.92. The Balaban J connectivity index is 0. The number of hydrogen-bond acceptors (Lipinski definition) is 1. The van der Waals surface area contributed by atoms with Gasteiger partial charge in [0.1, 0.15) is 6.61 Å². The van der Waals surface area contributed by atoms with Crippen molar-refractivity contribution >= 4 is 0 Å². The van der Waals surface area contributed by atoms with Crippen LogP contribution in [-0.4, -0.2) is 6.61 Å². The minimum absolute atomic E-state index is 0. The summed E-state index contributed by atoms with van der Waals surface area (Å²) in [5.41, 5.74) is 0. The van der Waals surface area contributed by atoms with E-state index in [4.69, 9.17) is 4.84 Å². The van der Waals surface area contributed by atoms with Crippen LogP contribution >= 0.6 is 0 Å². The van der Waals surface area contributed by atoms with Crippen LogP contribution in [-0.2, 0) is 4.84 Å². The molecule has 0 unspecified atom stereocenters. The molecule has 0 heterocycles. The average molecular weight is 226 g/mol. The van der Waals surface area contributed by atoms with E-state index in [-0.39, 0.29) is 17.0 Å². The molecule has 0 fully saturated rings. The molecule has 0 radical (unpaired) electrons. The fraction of sp³-hybridized carbons (Fsp3) is 1.00. The third-order valence-electron chi connectivity index (χ3n) is 1.64. The lowest BCUT2D eigenvalue weighted by Crippen LogP contribution is -3.00. The molecular weight excluding hydrogens is 206 g/mol. The third-order valence-corrected chi connectivity index (χ3v) is 1.64. The number of unbranched alkanes of at least 4 members (excludes halogenated alkanes) is 5. The largest absolute Gasteiger partial charge is 1.00 e. The molecule has 0 rings (SSSR count). The normalized spacial score (nSPS) is 9.27. The first-order valence-corrected chi connectivity index (χ1v) is 4.28. The zero-order valence-electron chi connectivity index (χ0n) is 7.44. The van der Waals surface area contributed by atoms with Crippen LogP contribution in [0.15, 0.2) is 0 Å². The molecule has 3 heteroatoms. The van der Waals surface area contributed by atoms with E-state index < -0.39 is 0 Å². The van der Waals surface area contributed by atoms with Gasteiger partial charge in [0, 0.05) is 0 Å². The molecular formula is C8H20BrNO. The Morgan fingerprint density at radius 1 is 1.00 bits per heavy atom. The van der Waals surface area contributed by atoms with E-state index in [0.717, 1.165) is 6.61 Å². The molecule has 70 valence electrons. The Labute approximate surface area is 80.2 Å². The van der Waals surface area contributed by atoms with Gasteiger partial charge in [-0.05, 0) is 6.42 Å². The minimum Gasteiger partial charge on any atom is -1.00 e. The molecule has 0 aliphatic rings. The van der Waals surface area contributed by atoms with Crippen LogP contribution in [0.3, 0.4) is 0 Å². The highest BCUT2D eigenvalue weighted by molar-refractivity contribution is 4.41. The van der Waals surface area contributed by atoms with Crippen LogP contribution in [0.5, 0.6) is 0 Å². The van der Waals surface area contributed by atoms with E-state index >= 15 is 0 Å². The summed E-state index contributed by atoms with van der Waals surface area (Å²) in [6, 6.07) is 0. The lowest BCUT2D eigenvalue weighted by molar-refractivity contribution is -0.689. The molecule has 0 atom stereocenters. The zero-order chi connectivity index (χ0) is 7.66. The minimum atomic E-state index is 0. The average Bonchev–Trinajstić information content (AvgIpc) is 1.97. The van der Waals surface area contributed by atoms with Gasteiger partial charge in [0.2, 0.25) is 0 Å². The van der Waals surface area contributed by atoms with Gasteiger partial charge in [-0.1, -0.05) is 39.0 Å². The van der Waals surface area contributed by atoms with Gasteiger partial charge in [0.25, 0.3) is 0 Å². The zero-order valence-corrected chi connectivity index (χ0v) is 9.03. The quantitative estimate of drug-likeness (QED) is 0.417. The Bertz CT molecular complexity index is 54.1. The SMILES string of the molecule is CCCCCCCCO[NH3+].[Br-]. The molecule has 2 nitrogen and oxygen atoms in total. The smallest absolute Gasteiger partial charge is 0.106 e. The van der Waals surface area contributed by atoms with E-state index in [1.807, 2.05) is 0 Å². The van der Waals surface area contributed by atoms with Crippen molar-refractivity contribution in [2.24, 2.45) is 0 Å². The van der Waals surface area contributed by atoms with Gasteiger partial charge >= 0.3 is 0 Å². The molecule has 0 amide bonds. The predicted octanol–water partition coefficient (Wildman–Crippen LogP) is -1.48. The third kappa shape index (κ3) is 13.4. The summed E-state index contributed by atoms with van der Waals surface area (Å²) >= 11 is 0. The van der Waals surface area contributed by atoms with Crippen molar-refractivity contribution in [1.82, 2.24) is 0 Å². The summed E-state index contributed by atoms with van der Waals surface area (Å²) < 4.78 is 0. The molecule has 0 saturated heterocycles. The van der Waals surface area contributed by atoms with Crippen molar-refractivity contribution in [2.75, 3.05) is 6.61 Å². The second kappa shape index (κ2) is 13.0. The predicted molar refractivity (Wildman–Crippen MR) is 42.2 cm³/mol. The van der Waals surface area contributed by atoms with E-state index in [9.17, 15) is 0 Å². The highest BCUT2D eigenvalue weighted by atomic mass is 79.9. The van der Waals surface area contributed by atoms with E-state index in [2.05, 4.69) is 12.8 Å². The summed E-state index contributed by atoms with van der Waals surface area (Å²) in [6.45, 7) is 3.06. The fourth-order valence-corrected chi connectivity index (χ4v) is 0.984. The Morgan fingerprint density at radius 3 is 2.09 bits per heavy atom. The van der Waals surface area contributed by atoms with Crippen LogP contribution in [0.1, 0.15) is 45.4 Å². The van der Waals surface area contributed by atoms with Gasteiger partial charge in [-0.3, -0.25) is 0 Å². The van der Waals surface area contributed by atoms with Gasteiger partial charge in [-0.2, -0.15) is 0 Å². The second-order valence-electron chi connectivity index (χ2n) is 2.68. The van der Waals surface area contributed by atoms with Crippen molar-refractivity contribution in [3.63, 3.8) is 0 Å². The molecule has 0 saturated carbocycles. The molecule has 11 heavy (non-hydrogen) atoms. The van der Waals surface area contributed by atoms with Crippen molar-refractivity contribution < 1.29 is 27.7 Å². The molecule has 0 bridgehead atoms. The van der Waals surface area contributed by atoms with Crippen molar-refractivity contribution in [1.29, 1.82) is 0 Å². The van der Waals surface area contributed by atoms with Crippen LogP contribution in [0.25, 0.3) is 0 Å². The first kappa shape index (κ1) is 14.0. The number of quaternary nitrogens is 1. The molecule has 3 N–H and O–H groups in total. The summed E-state index contributed by atoms with van der Waals surface area (Å²) in [4.78, 5) is 4.70. The molecule has 0 spiro atoms. The van der Waals surface area contributed by atoms with E-state index in [1.165, 1.54) is 38.5 Å². The Morgan fingerprint density at radius 2 is 1.55 bits per heavy atom. The van der Waals surface area contributed by atoms with Crippen molar-refractivity contribution in [2.45, 2.75) is 45.4 Å². The van der Waals surface area contributed by atoms with Gasteiger partial charge in [0.15, 0.2) is 0 Å². The van der Waals surface area contributed by atoms with Crippen molar-refractivity contribution in [3.05, 3.63) is 0 Å². The van der Waals surface area contributed by atoms with Crippen LogP contribution in [0, 0.1) is 0 Å². The highest BCUT2D eigenvalue weighted by Crippen LogP contribution is 2.03. The second-order valence-corrected chi connectivity index (χ2v) is 2.68. The summed E-state index contributed by atoms with van der Waals surface area (Å²) in [5, 5.41) is 0. The van der Waals surface area contributed by atoms with Crippen molar-refractivity contribution in [3.8, 4) is 0 Å². The maximum absolute atomic E-state index is 4.70. The van der Waals surface area contributed by atoms with Gasteiger partial charge in [-0.25, -0.2) is 10.7 Å². The molecule has 0 aromatic rings. The molecule has 0 aliphatic carbocycles. The maximum atomic E-state index is 4.70. The number of rotatable bonds is 7. The summed E-state index contributed by atoms with van der Waals surface area (Å²) in [5.74, 6) is 3.32. The fourth-order valence-electron chi connectivity index (χ4n) is 0.984. The van der Waals surface area contributed by atoms with Crippen LogP contribution < -0.4 is 22.9 Å². The van der Waals surface area contributed by atoms with Crippen LogP contribution in [0.4, 0.5) is 0 Å². The Hall–Kier alpha value is 0.400. The molecule has 0 aliphatic heterocycles. The monoisotopic (exact) mass is 225 g/mol. The number of hydrogen-bond donors (Lipinski definition) is 1. The topological polar surface area (TPSA) is 36.9 Å².